The molecule has 1 rings (SSSR count). The average molecular weight is 307 g/mol. The van der Waals surface area contributed by atoms with Gasteiger partial charge in [-0.15, -0.1) is 11.3 Å². The summed E-state index contributed by atoms with van der Waals surface area (Å²) in [4.78, 5) is 12.6. The fraction of sp³-hybridized carbons (Fsp3) is 0.583. The summed E-state index contributed by atoms with van der Waals surface area (Å²) in [6.07, 6.45) is -0.0978. The van der Waals surface area contributed by atoms with Gasteiger partial charge in [0.25, 0.3) is 0 Å². The predicted molar refractivity (Wildman–Crippen MR) is 76.8 cm³/mol. The van der Waals surface area contributed by atoms with Crippen LogP contribution in [-0.4, -0.2) is 37.5 Å². The Morgan fingerprint density at radius 3 is 2.89 bits per heavy atom. The maximum Gasteiger partial charge on any atom is 0.315 e. The Labute approximate surface area is 121 Å². The smallest absolute Gasteiger partial charge is 0.315 e. The first-order valence-electron chi connectivity index (χ1n) is 5.99. The zero-order valence-corrected chi connectivity index (χ0v) is 12.6. The molecule has 19 heavy (non-hydrogen) atoms. The number of thiophene rings is 1. The summed E-state index contributed by atoms with van der Waals surface area (Å²) in [7, 11) is 1.52. The zero-order valence-electron chi connectivity index (χ0n) is 11.0. The van der Waals surface area contributed by atoms with E-state index in [1.165, 1.54) is 18.4 Å². The van der Waals surface area contributed by atoms with Gasteiger partial charge in [0.1, 0.15) is 0 Å². The Balaban J connectivity index is 2.24. The van der Waals surface area contributed by atoms with Crippen LogP contribution >= 0.6 is 22.9 Å². The van der Waals surface area contributed by atoms with Crippen molar-refractivity contribution in [3.8, 4) is 0 Å². The van der Waals surface area contributed by atoms with E-state index in [0.717, 1.165) is 4.88 Å². The highest BCUT2D eigenvalue weighted by molar-refractivity contribution is 7.16. The number of nitrogens with one attached hydrogen (secondary N) is 2. The first-order chi connectivity index (χ1) is 9.02. The number of halogens is 1. The molecule has 0 aromatic carbocycles. The number of amides is 2. The molecule has 0 fully saturated rings. The molecule has 1 heterocycles. The van der Waals surface area contributed by atoms with Gasteiger partial charge in [-0.05, 0) is 25.5 Å². The van der Waals surface area contributed by atoms with E-state index in [1.54, 1.807) is 6.07 Å². The van der Waals surface area contributed by atoms with Crippen molar-refractivity contribution in [3.05, 3.63) is 21.3 Å². The lowest BCUT2D eigenvalue weighted by molar-refractivity contribution is 0.0598. The number of hydrogen-bond acceptors (Lipinski definition) is 4. The number of carbonyl (C=O) groups is 1. The largest absolute Gasteiger partial charge is 0.391 e. The van der Waals surface area contributed by atoms with E-state index in [-0.39, 0.29) is 18.7 Å². The normalized spacial score (nSPS) is 13.9. The highest BCUT2D eigenvalue weighted by Crippen LogP contribution is 2.26. The molecule has 0 radical (unpaired) electrons. The molecule has 0 spiro atoms. The number of rotatable bonds is 7. The van der Waals surface area contributed by atoms with E-state index in [4.69, 9.17) is 16.3 Å². The van der Waals surface area contributed by atoms with Gasteiger partial charge in [-0.2, -0.15) is 0 Å². The minimum absolute atomic E-state index is 0.0959. The van der Waals surface area contributed by atoms with E-state index in [1.807, 2.05) is 13.0 Å². The third-order valence-electron chi connectivity index (χ3n) is 2.49. The van der Waals surface area contributed by atoms with Crippen LogP contribution in [0.3, 0.4) is 0 Å². The Hall–Kier alpha value is -0.820. The molecule has 5 nitrogen and oxygen atoms in total. The predicted octanol–water partition coefficient (Wildman–Crippen LogP) is 2.16. The molecular weight excluding hydrogens is 288 g/mol. The van der Waals surface area contributed by atoms with Crippen LogP contribution in [0.5, 0.6) is 0 Å². The standard InChI is InChI=1S/C12H19ClN2O3S/c1-8(10-3-4-11(13)19-10)15-12(17)14-6-5-9(16)7-18-2/h3-4,8-9,16H,5-7H2,1-2H3,(H2,14,15,17). The van der Waals surface area contributed by atoms with Gasteiger partial charge in [0.2, 0.25) is 0 Å². The summed E-state index contributed by atoms with van der Waals surface area (Å²) < 4.78 is 5.50. The van der Waals surface area contributed by atoms with Crippen LogP contribution in [0.25, 0.3) is 0 Å². The van der Waals surface area contributed by atoms with Gasteiger partial charge in [0.15, 0.2) is 0 Å². The quantitative estimate of drug-likeness (QED) is 0.723. The number of methoxy groups -OCH3 is 1. The second kappa shape index (κ2) is 8.37. The van der Waals surface area contributed by atoms with Gasteiger partial charge in [0.05, 0.1) is 23.1 Å². The molecule has 2 unspecified atom stereocenters. The van der Waals surface area contributed by atoms with Crippen molar-refractivity contribution in [2.24, 2.45) is 0 Å². The molecule has 0 aliphatic rings. The molecule has 0 saturated carbocycles. The SMILES string of the molecule is COCC(O)CCNC(=O)NC(C)c1ccc(Cl)s1. The van der Waals surface area contributed by atoms with Crippen LogP contribution < -0.4 is 10.6 Å². The fourth-order valence-electron chi connectivity index (χ4n) is 1.51. The van der Waals surface area contributed by atoms with Crippen LogP contribution in [0.2, 0.25) is 4.34 Å². The van der Waals surface area contributed by atoms with Crippen molar-refractivity contribution < 1.29 is 14.6 Å². The third kappa shape index (κ3) is 6.24. The topological polar surface area (TPSA) is 70.6 Å². The van der Waals surface area contributed by atoms with Crippen molar-refractivity contribution in [1.29, 1.82) is 0 Å². The maximum absolute atomic E-state index is 11.6. The van der Waals surface area contributed by atoms with E-state index in [2.05, 4.69) is 10.6 Å². The number of urea groups is 1. The van der Waals surface area contributed by atoms with E-state index in [0.29, 0.717) is 17.3 Å². The average Bonchev–Trinajstić information content (AvgIpc) is 2.76. The first-order valence-corrected chi connectivity index (χ1v) is 7.19. The molecule has 7 heteroatoms. The van der Waals surface area contributed by atoms with E-state index < -0.39 is 6.10 Å². The zero-order chi connectivity index (χ0) is 14.3. The second-order valence-corrected chi connectivity index (χ2v) is 5.91. The molecule has 2 amide bonds. The molecule has 0 bridgehead atoms. The number of aliphatic hydroxyl groups excluding tert-OH is 1. The lowest BCUT2D eigenvalue weighted by Gasteiger charge is -2.14. The van der Waals surface area contributed by atoms with Crippen molar-refractivity contribution in [2.45, 2.75) is 25.5 Å². The molecule has 2 atom stereocenters. The van der Waals surface area contributed by atoms with Gasteiger partial charge in [-0.3, -0.25) is 0 Å². The Kier molecular flexibility index (Phi) is 7.15. The van der Waals surface area contributed by atoms with E-state index in [9.17, 15) is 9.90 Å². The molecule has 108 valence electrons. The maximum atomic E-state index is 11.6. The number of carbonyl (C=O) groups excluding carboxylic acids is 1. The lowest BCUT2D eigenvalue weighted by atomic mass is 10.2. The number of ether oxygens (including phenoxy) is 1. The summed E-state index contributed by atoms with van der Waals surface area (Å²) >= 11 is 7.28. The van der Waals surface area contributed by atoms with Gasteiger partial charge >= 0.3 is 6.03 Å². The molecule has 1 aromatic heterocycles. The molecular formula is C12H19ClN2O3S. The monoisotopic (exact) mass is 306 g/mol. The Morgan fingerprint density at radius 1 is 1.58 bits per heavy atom. The lowest BCUT2D eigenvalue weighted by Crippen LogP contribution is -2.38. The van der Waals surface area contributed by atoms with Crippen LogP contribution in [0.1, 0.15) is 24.3 Å². The number of hydrogen-bond donors (Lipinski definition) is 3. The molecule has 0 saturated heterocycles. The summed E-state index contributed by atoms with van der Waals surface area (Å²) in [6, 6.07) is 3.34. The summed E-state index contributed by atoms with van der Waals surface area (Å²) in [6.45, 7) is 2.56. The fourth-order valence-corrected chi connectivity index (χ4v) is 2.57. The van der Waals surface area contributed by atoms with Crippen molar-refractivity contribution >= 4 is 29.0 Å². The number of aliphatic hydroxyl groups is 1. The highest BCUT2D eigenvalue weighted by atomic mass is 35.5. The van der Waals surface area contributed by atoms with Crippen LogP contribution in [0, 0.1) is 0 Å². The summed E-state index contributed by atoms with van der Waals surface area (Å²) in [5, 5.41) is 14.9. The van der Waals surface area contributed by atoms with Crippen molar-refractivity contribution in [1.82, 2.24) is 10.6 Å². The van der Waals surface area contributed by atoms with Crippen molar-refractivity contribution in [2.75, 3.05) is 20.3 Å². The van der Waals surface area contributed by atoms with E-state index >= 15 is 0 Å². The van der Waals surface area contributed by atoms with Crippen LogP contribution in [0.15, 0.2) is 12.1 Å². The van der Waals surface area contributed by atoms with Gasteiger partial charge in [0, 0.05) is 18.5 Å². The van der Waals surface area contributed by atoms with Gasteiger partial charge in [-0.25, -0.2) is 4.79 Å². The molecule has 0 aliphatic heterocycles. The van der Waals surface area contributed by atoms with Crippen molar-refractivity contribution in [3.63, 3.8) is 0 Å². The minimum atomic E-state index is -0.557. The second-order valence-electron chi connectivity index (χ2n) is 4.16. The molecule has 0 aliphatic carbocycles. The highest BCUT2D eigenvalue weighted by Gasteiger charge is 2.11. The summed E-state index contributed by atoms with van der Waals surface area (Å²) in [5.41, 5.74) is 0. The Morgan fingerprint density at radius 2 is 2.32 bits per heavy atom. The minimum Gasteiger partial charge on any atom is -0.391 e. The van der Waals surface area contributed by atoms with Crippen LogP contribution in [-0.2, 0) is 4.74 Å². The van der Waals surface area contributed by atoms with Gasteiger partial charge in [-0.1, -0.05) is 11.6 Å². The first kappa shape index (κ1) is 16.2. The Bertz CT molecular complexity index is 400. The summed E-state index contributed by atoms with van der Waals surface area (Å²) in [5.74, 6) is 0. The third-order valence-corrected chi connectivity index (χ3v) is 3.90. The van der Waals surface area contributed by atoms with Gasteiger partial charge < -0.3 is 20.5 Å². The molecule has 1 aromatic rings. The molecule has 3 N–H and O–H groups in total. The van der Waals surface area contributed by atoms with Crippen LogP contribution in [0.4, 0.5) is 4.79 Å².